The van der Waals surface area contributed by atoms with Gasteiger partial charge in [0.25, 0.3) is 5.91 Å². The zero-order chi connectivity index (χ0) is 23.4. The number of nitrogens with one attached hydrogen (secondary N) is 2. The Kier molecular flexibility index (Phi) is 7.13. The first-order valence-electron chi connectivity index (χ1n) is 10.6. The Bertz CT molecular complexity index is 1090. The first kappa shape index (κ1) is 23.4. The van der Waals surface area contributed by atoms with Gasteiger partial charge in [0.15, 0.2) is 11.5 Å². The number of ether oxygens (including phenoxy) is 3. The summed E-state index contributed by atoms with van der Waals surface area (Å²) in [5.74, 6) is 0.337. The van der Waals surface area contributed by atoms with Crippen LogP contribution >= 0.6 is 0 Å². The summed E-state index contributed by atoms with van der Waals surface area (Å²) in [5, 5.41) is 12.5. The van der Waals surface area contributed by atoms with Gasteiger partial charge in [0.05, 0.1) is 29.8 Å². The lowest BCUT2D eigenvalue weighted by molar-refractivity contribution is -0.0871. The molecule has 2 aromatic carbocycles. The van der Waals surface area contributed by atoms with Crippen LogP contribution in [0.4, 0.5) is 4.39 Å². The number of amides is 1. The summed E-state index contributed by atoms with van der Waals surface area (Å²) in [4.78, 5) is 12.3. The molecule has 2 aliphatic heterocycles. The van der Waals surface area contributed by atoms with Crippen LogP contribution in [-0.4, -0.2) is 57.6 Å². The van der Waals surface area contributed by atoms with E-state index >= 15 is 0 Å². The second kappa shape index (κ2) is 10.0. The van der Waals surface area contributed by atoms with Crippen LogP contribution in [0, 0.1) is 5.82 Å². The molecule has 0 spiro atoms. The molecule has 0 radical (unpaired) electrons. The molecule has 0 aliphatic carbocycles. The van der Waals surface area contributed by atoms with Crippen molar-refractivity contribution in [1.29, 1.82) is 0 Å². The molecule has 1 fully saturated rings. The standard InChI is InChI=1S/C22H25FN2O7S/c23-15-2-5-17(6-3-15)33(28,29)25-18-7-4-16(32-21(18)12-26)9-10-24-22(27)14-1-8-19-20(11-14)31-13-30-19/h1-3,5-6,8,11,16,18,21,25-26H,4,7,9-10,12-13H2,(H,24,27)/t16-,18-,21+/m0/s1. The molecule has 3 N–H and O–H groups in total. The van der Waals surface area contributed by atoms with Crippen LogP contribution in [0.25, 0.3) is 0 Å². The first-order valence-corrected chi connectivity index (χ1v) is 12.1. The van der Waals surface area contributed by atoms with Crippen molar-refractivity contribution in [3.63, 3.8) is 0 Å². The van der Waals surface area contributed by atoms with E-state index in [0.29, 0.717) is 42.9 Å². The second-order valence-electron chi connectivity index (χ2n) is 7.85. The Morgan fingerprint density at radius 3 is 2.61 bits per heavy atom. The predicted octanol–water partition coefficient (Wildman–Crippen LogP) is 1.56. The van der Waals surface area contributed by atoms with Crippen LogP contribution < -0.4 is 19.5 Å². The van der Waals surface area contributed by atoms with Gasteiger partial charge in [0.1, 0.15) is 5.82 Å². The van der Waals surface area contributed by atoms with Gasteiger partial charge in [-0.1, -0.05) is 0 Å². The molecule has 2 aromatic rings. The van der Waals surface area contributed by atoms with Gasteiger partial charge in [-0.2, -0.15) is 0 Å². The van der Waals surface area contributed by atoms with Crippen LogP contribution in [0.5, 0.6) is 11.5 Å². The van der Waals surface area contributed by atoms with Gasteiger partial charge in [-0.3, -0.25) is 4.79 Å². The van der Waals surface area contributed by atoms with Crippen molar-refractivity contribution >= 4 is 15.9 Å². The SMILES string of the molecule is O=C(NCC[C@@H]1CC[C@H](NS(=O)(=O)c2ccc(F)cc2)[C@@H](CO)O1)c1ccc2c(c1)OCO2. The number of fused-ring (bicyclic) bond motifs is 1. The Labute approximate surface area is 190 Å². The maximum absolute atomic E-state index is 13.1. The highest BCUT2D eigenvalue weighted by Crippen LogP contribution is 2.32. The molecule has 4 rings (SSSR count). The quantitative estimate of drug-likeness (QED) is 0.524. The number of carbonyl (C=O) groups excluding carboxylic acids is 1. The number of hydrogen-bond acceptors (Lipinski definition) is 7. The van der Waals surface area contributed by atoms with Crippen LogP contribution in [0.2, 0.25) is 0 Å². The summed E-state index contributed by atoms with van der Waals surface area (Å²) < 4.78 is 57.2. The summed E-state index contributed by atoms with van der Waals surface area (Å²) in [6.45, 7) is 0.116. The van der Waals surface area contributed by atoms with E-state index in [0.717, 1.165) is 12.1 Å². The molecule has 2 aliphatic rings. The summed E-state index contributed by atoms with van der Waals surface area (Å²) >= 11 is 0. The molecule has 2 heterocycles. The van der Waals surface area contributed by atoms with E-state index in [9.17, 15) is 22.7 Å². The highest BCUT2D eigenvalue weighted by Gasteiger charge is 2.34. The number of benzene rings is 2. The van der Waals surface area contributed by atoms with E-state index in [1.54, 1.807) is 18.2 Å². The Hall–Kier alpha value is -2.73. The smallest absolute Gasteiger partial charge is 0.251 e. The summed E-state index contributed by atoms with van der Waals surface area (Å²) in [7, 11) is -3.88. The number of aliphatic hydroxyl groups is 1. The maximum Gasteiger partial charge on any atom is 0.251 e. The zero-order valence-electron chi connectivity index (χ0n) is 17.7. The molecule has 0 aromatic heterocycles. The number of aliphatic hydroxyl groups excluding tert-OH is 1. The molecule has 0 unspecified atom stereocenters. The zero-order valence-corrected chi connectivity index (χ0v) is 18.5. The van der Waals surface area contributed by atoms with E-state index in [-0.39, 0.29) is 30.3 Å². The minimum Gasteiger partial charge on any atom is -0.454 e. The number of halogens is 1. The molecular weight excluding hydrogens is 455 g/mol. The van der Waals surface area contributed by atoms with Gasteiger partial charge in [-0.15, -0.1) is 0 Å². The fraction of sp³-hybridized carbons (Fsp3) is 0.409. The first-order chi connectivity index (χ1) is 15.9. The summed E-state index contributed by atoms with van der Waals surface area (Å²) in [5.41, 5.74) is 0.451. The molecule has 178 valence electrons. The minimum atomic E-state index is -3.88. The average Bonchev–Trinajstić information content (AvgIpc) is 3.28. The molecule has 0 saturated carbocycles. The molecule has 1 amide bonds. The van der Waals surface area contributed by atoms with Crippen LogP contribution in [-0.2, 0) is 14.8 Å². The maximum atomic E-state index is 13.1. The molecule has 0 bridgehead atoms. The Morgan fingerprint density at radius 2 is 1.85 bits per heavy atom. The Balaban J connectivity index is 1.27. The molecule has 11 heteroatoms. The van der Waals surface area contributed by atoms with Crippen molar-refractivity contribution in [3.05, 3.63) is 53.8 Å². The summed E-state index contributed by atoms with van der Waals surface area (Å²) in [6, 6.07) is 8.84. The largest absolute Gasteiger partial charge is 0.454 e. The molecule has 33 heavy (non-hydrogen) atoms. The fourth-order valence-electron chi connectivity index (χ4n) is 3.85. The second-order valence-corrected chi connectivity index (χ2v) is 9.56. The third-order valence-electron chi connectivity index (χ3n) is 5.61. The summed E-state index contributed by atoms with van der Waals surface area (Å²) in [6.07, 6.45) is 0.526. The highest BCUT2D eigenvalue weighted by molar-refractivity contribution is 7.89. The molecular formula is C22H25FN2O7S. The third kappa shape index (κ3) is 5.61. The number of carbonyl (C=O) groups is 1. The Morgan fingerprint density at radius 1 is 1.09 bits per heavy atom. The van der Waals surface area contributed by atoms with Gasteiger partial charge >= 0.3 is 0 Å². The van der Waals surface area contributed by atoms with E-state index in [2.05, 4.69) is 10.0 Å². The molecule has 1 saturated heterocycles. The lowest BCUT2D eigenvalue weighted by atomic mass is 9.98. The van der Waals surface area contributed by atoms with E-state index in [1.807, 2.05) is 0 Å². The van der Waals surface area contributed by atoms with Crippen molar-refractivity contribution < 1.29 is 36.9 Å². The fourth-order valence-corrected chi connectivity index (χ4v) is 5.15. The van der Waals surface area contributed by atoms with E-state index in [1.165, 1.54) is 12.1 Å². The van der Waals surface area contributed by atoms with Crippen molar-refractivity contribution in [2.45, 2.75) is 42.4 Å². The van der Waals surface area contributed by atoms with Crippen molar-refractivity contribution in [1.82, 2.24) is 10.0 Å². The normalized spacial score (nSPS) is 22.2. The van der Waals surface area contributed by atoms with Gasteiger partial charge in [-0.25, -0.2) is 17.5 Å². The third-order valence-corrected chi connectivity index (χ3v) is 7.12. The van der Waals surface area contributed by atoms with Gasteiger partial charge < -0.3 is 24.6 Å². The minimum absolute atomic E-state index is 0.0612. The lowest BCUT2D eigenvalue weighted by Gasteiger charge is -2.36. The van der Waals surface area contributed by atoms with Gasteiger partial charge in [0.2, 0.25) is 16.8 Å². The van der Waals surface area contributed by atoms with Crippen LogP contribution in [0.1, 0.15) is 29.6 Å². The predicted molar refractivity (Wildman–Crippen MR) is 115 cm³/mol. The number of rotatable bonds is 8. The van der Waals surface area contributed by atoms with Crippen molar-refractivity contribution in [2.75, 3.05) is 19.9 Å². The number of hydrogen-bond donors (Lipinski definition) is 3. The van der Waals surface area contributed by atoms with Crippen molar-refractivity contribution in [3.8, 4) is 11.5 Å². The lowest BCUT2D eigenvalue weighted by Crippen LogP contribution is -2.51. The van der Waals surface area contributed by atoms with Gasteiger partial charge in [0, 0.05) is 12.1 Å². The van der Waals surface area contributed by atoms with Gasteiger partial charge in [-0.05, 0) is 61.7 Å². The molecule has 9 nitrogen and oxygen atoms in total. The molecule has 3 atom stereocenters. The average molecular weight is 481 g/mol. The van der Waals surface area contributed by atoms with E-state index in [4.69, 9.17) is 14.2 Å². The topological polar surface area (TPSA) is 123 Å². The van der Waals surface area contributed by atoms with Crippen molar-refractivity contribution in [2.24, 2.45) is 0 Å². The van der Waals surface area contributed by atoms with E-state index < -0.39 is 28.0 Å². The monoisotopic (exact) mass is 480 g/mol. The van der Waals surface area contributed by atoms with Crippen LogP contribution in [0.3, 0.4) is 0 Å². The highest BCUT2D eigenvalue weighted by atomic mass is 32.2. The van der Waals surface area contributed by atoms with Crippen LogP contribution in [0.15, 0.2) is 47.4 Å². The number of sulfonamides is 1.